The van der Waals surface area contributed by atoms with E-state index < -0.39 is 0 Å². The average molecular weight is 242 g/mol. The molecule has 0 amide bonds. The van der Waals surface area contributed by atoms with Gasteiger partial charge in [0.05, 0.1) is 0 Å². The first-order valence-electron chi connectivity index (χ1n) is 5.12. The Morgan fingerprint density at radius 3 is 2.87 bits per heavy atom. The second kappa shape index (κ2) is 5.02. The van der Waals surface area contributed by atoms with Crippen LogP contribution in [0.1, 0.15) is 18.4 Å². The highest BCUT2D eigenvalue weighted by molar-refractivity contribution is 6.35. The van der Waals surface area contributed by atoms with Gasteiger partial charge in [0.15, 0.2) is 0 Å². The van der Waals surface area contributed by atoms with E-state index in [-0.39, 0.29) is 0 Å². The minimum atomic E-state index is 0.497. The molecule has 15 heavy (non-hydrogen) atoms. The Morgan fingerprint density at radius 1 is 1.33 bits per heavy atom. The van der Waals surface area contributed by atoms with Gasteiger partial charge in [-0.25, -0.2) is 0 Å². The number of hydrogen-bond donors (Lipinski definition) is 1. The molecular weight excluding hydrogens is 229 g/mol. The van der Waals surface area contributed by atoms with Crippen molar-refractivity contribution in [2.45, 2.75) is 18.9 Å². The van der Waals surface area contributed by atoms with Crippen molar-refractivity contribution in [3.63, 3.8) is 0 Å². The number of halogens is 2. The number of nitrogens with one attached hydrogen (secondary N) is 1. The predicted molar refractivity (Wildman–Crippen MR) is 66.5 cm³/mol. The van der Waals surface area contributed by atoms with Crippen LogP contribution >= 0.6 is 23.2 Å². The maximum absolute atomic E-state index is 6.06. The van der Waals surface area contributed by atoms with E-state index in [9.17, 15) is 0 Å². The maximum Gasteiger partial charge on any atom is 0.0493 e. The molecule has 0 saturated carbocycles. The van der Waals surface area contributed by atoms with Gasteiger partial charge in [0, 0.05) is 16.1 Å². The molecule has 0 spiro atoms. The minimum Gasteiger partial charge on any atom is -0.311 e. The second-order valence-corrected chi connectivity index (χ2v) is 4.57. The monoisotopic (exact) mass is 241 g/mol. The van der Waals surface area contributed by atoms with Crippen molar-refractivity contribution in [1.82, 2.24) is 5.32 Å². The van der Waals surface area contributed by atoms with Crippen LogP contribution < -0.4 is 5.32 Å². The summed E-state index contributed by atoms with van der Waals surface area (Å²) in [6, 6.07) is 6.06. The van der Waals surface area contributed by atoms with E-state index in [2.05, 4.69) is 17.5 Å². The van der Waals surface area contributed by atoms with Gasteiger partial charge in [-0.3, -0.25) is 0 Å². The topological polar surface area (TPSA) is 12.0 Å². The molecular formula is C12H13Cl2N. The fourth-order valence-electron chi connectivity index (χ4n) is 1.73. The highest BCUT2D eigenvalue weighted by Crippen LogP contribution is 2.22. The molecule has 0 aromatic heterocycles. The molecule has 1 fully saturated rings. The Morgan fingerprint density at radius 2 is 2.20 bits per heavy atom. The molecule has 1 N–H and O–H groups in total. The number of hydrogen-bond acceptors (Lipinski definition) is 1. The van der Waals surface area contributed by atoms with Crippen LogP contribution in [0.5, 0.6) is 0 Å². The van der Waals surface area contributed by atoms with E-state index in [1.54, 1.807) is 6.07 Å². The standard InChI is InChI=1S/C12H13Cl2N/c13-10-5-3-9(12(14)8-10)4-6-11-2-1-7-15-11/h3-6,8,11,15H,1-2,7H2/b6-4+. The fraction of sp³-hybridized carbons (Fsp3) is 0.333. The zero-order valence-corrected chi connectivity index (χ0v) is 9.85. The van der Waals surface area contributed by atoms with Crippen LogP contribution in [-0.4, -0.2) is 12.6 Å². The third-order valence-electron chi connectivity index (χ3n) is 2.57. The lowest BCUT2D eigenvalue weighted by Gasteiger charge is -2.03. The molecule has 0 radical (unpaired) electrons. The highest BCUT2D eigenvalue weighted by atomic mass is 35.5. The molecule has 0 bridgehead atoms. The molecule has 80 valence electrons. The maximum atomic E-state index is 6.06. The molecule has 1 aliphatic heterocycles. The van der Waals surface area contributed by atoms with Crippen molar-refractivity contribution in [2.24, 2.45) is 0 Å². The van der Waals surface area contributed by atoms with Gasteiger partial charge in [-0.2, -0.15) is 0 Å². The number of benzene rings is 1. The van der Waals surface area contributed by atoms with Crippen molar-refractivity contribution >= 4 is 29.3 Å². The summed E-state index contributed by atoms with van der Waals surface area (Å²) in [7, 11) is 0. The molecule has 0 aliphatic carbocycles. The highest BCUT2D eigenvalue weighted by Gasteiger charge is 2.09. The summed E-state index contributed by atoms with van der Waals surface area (Å²) < 4.78 is 0. The summed E-state index contributed by atoms with van der Waals surface area (Å²) >= 11 is 11.9. The van der Waals surface area contributed by atoms with Gasteiger partial charge in [-0.15, -0.1) is 0 Å². The lowest BCUT2D eigenvalue weighted by atomic mass is 10.1. The summed E-state index contributed by atoms with van der Waals surface area (Å²) in [4.78, 5) is 0. The normalized spacial score (nSPS) is 21.3. The average Bonchev–Trinajstić information content (AvgIpc) is 2.69. The molecule has 1 saturated heterocycles. The summed E-state index contributed by atoms with van der Waals surface area (Å²) in [5.74, 6) is 0. The molecule has 1 heterocycles. The van der Waals surface area contributed by atoms with E-state index in [1.807, 2.05) is 12.1 Å². The molecule has 1 nitrogen and oxygen atoms in total. The Balaban J connectivity index is 2.09. The van der Waals surface area contributed by atoms with Crippen LogP contribution in [0, 0.1) is 0 Å². The lowest BCUT2D eigenvalue weighted by Crippen LogP contribution is -2.17. The summed E-state index contributed by atoms with van der Waals surface area (Å²) in [6.45, 7) is 1.11. The summed E-state index contributed by atoms with van der Waals surface area (Å²) in [5.41, 5.74) is 1.02. The molecule has 1 aromatic carbocycles. The zero-order valence-electron chi connectivity index (χ0n) is 8.34. The first-order valence-corrected chi connectivity index (χ1v) is 5.88. The molecule has 1 aromatic rings. The smallest absolute Gasteiger partial charge is 0.0493 e. The van der Waals surface area contributed by atoms with Gasteiger partial charge < -0.3 is 5.32 Å². The SMILES string of the molecule is Clc1ccc(/C=C/C2CCCN2)c(Cl)c1. The van der Waals surface area contributed by atoms with Crippen molar-refractivity contribution < 1.29 is 0 Å². The van der Waals surface area contributed by atoms with E-state index in [1.165, 1.54) is 12.8 Å². The Hall–Kier alpha value is -0.500. The van der Waals surface area contributed by atoms with Gasteiger partial charge in [0.25, 0.3) is 0 Å². The molecule has 1 atom stereocenters. The molecule has 1 aliphatic rings. The van der Waals surface area contributed by atoms with Gasteiger partial charge in [0.2, 0.25) is 0 Å². The Labute approximate surface area is 100 Å². The van der Waals surface area contributed by atoms with Crippen LogP contribution in [0.4, 0.5) is 0 Å². The van der Waals surface area contributed by atoms with Crippen molar-refractivity contribution in [3.05, 3.63) is 39.9 Å². The Bertz CT molecular complexity index is 368. The fourth-order valence-corrected chi connectivity index (χ4v) is 2.20. The van der Waals surface area contributed by atoms with E-state index >= 15 is 0 Å². The third-order valence-corrected chi connectivity index (χ3v) is 3.13. The summed E-state index contributed by atoms with van der Waals surface area (Å²) in [5, 5.41) is 4.78. The van der Waals surface area contributed by atoms with Crippen molar-refractivity contribution in [3.8, 4) is 0 Å². The largest absolute Gasteiger partial charge is 0.311 e. The molecule has 1 unspecified atom stereocenters. The van der Waals surface area contributed by atoms with Crippen LogP contribution in [0.3, 0.4) is 0 Å². The van der Waals surface area contributed by atoms with E-state index in [4.69, 9.17) is 23.2 Å². The van der Waals surface area contributed by atoms with Gasteiger partial charge >= 0.3 is 0 Å². The van der Waals surface area contributed by atoms with Crippen LogP contribution in [-0.2, 0) is 0 Å². The lowest BCUT2D eigenvalue weighted by molar-refractivity contribution is 0.730. The van der Waals surface area contributed by atoms with E-state index in [0.29, 0.717) is 16.1 Å². The summed E-state index contributed by atoms with van der Waals surface area (Å²) in [6.07, 6.45) is 6.69. The van der Waals surface area contributed by atoms with Crippen molar-refractivity contribution in [1.29, 1.82) is 0 Å². The van der Waals surface area contributed by atoms with Crippen LogP contribution in [0.2, 0.25) is 10.0 Å². The minimum absolute atomic E-state index is 0.497. The first-order chi connectivity index (χ1) is 7.25. The van der Waals surface area contributed by atoms with E-state index in [0.717, 1.165) is 12.1 Å². The van der Waals surface area contributed by atoms with Crippen LogP contribution in [0.25, 0.3) is 6.08 Å². The number of rotatable bonds is 2. The van der Waals surface area contributed by atoms with Gasteiger partial charge in [-0.05, 0) is 37.1 Å². The predicted octanol–water partition coefficient (Wildman–Crippen LogP) is 3.76. The Kier molecular flexibility index (Phi) is 3.68. The third kappa shape index (κ3) is 2.97. The first kappa shape index (κ1) is 11.0. The molecule has 2 rings (SSSR count). The second-order valence-electron chi connectivity index (χ2n) is 3.73. The quantitative estimate of drug-likeness (QED) is 0.832. The van der Waals surface area contributed by atoms with Gasteiger partial charge in [0.1, 0.15) is 0 Å². The zero-order chi connectivity index (χ0) is 10.7. The van der Waals surface area contributed by atoms with Crippen molar-refractivity contribution in [2.75, 3.05) is 6.54 Å². The van der Waals surface area contributed by atoms with Crippen LogP contribution in [0.15, 0.2) is 24.3 Å². The molecule has 3 heteroatoms. The van der Waals surface area contributed by atoms with Gasteiger partial charge in [-0.1, -0.05) is 41.4 Å².